The fraction of sp³-hybridized carbons (Fsp3) is 0.400. The molecule has 3 nitrogen and oxygen atoms in total. The highest BCUT2D eigenvalue weighted by Crippen LogP contribution is 2.21. The average molecular weight is 180 g/mol. The van der Waals surface area contributed by atoms with Crippen LogP contribution in [0, 0.1) is 0 Å². The fourth-order valence-electron chi connectivity index (χ4n) is 1.37. The Hall–Kier alpha value is -1.22. The molecule has 0 saturated carbocycles. The van der Waals surface area contributed by atoms with Crippen molar-refractivity contribution in [2.75, 3.05) is 18.1 Å². The summed E-state index contributed by atoms with van der Waals surface area (Å²) in [4.78, 5) is 0. The van der Waals surface area contributed by atoms with Crippen LogP contribution in [0.1, 0.15) is 18.1 Å². The molecule has 3 heteroatoms. The van der Waals surface area contributed by atoms with Gasteiger partial charge < -0.3 is 16.6 Å². The van der Waals surface area contributed by atoms with Crippen LogP contribution in [0.25, 0.3) is 0 Å². The monoisotopic (exact) mass is 180 g/mol. The first-order valence-electron chi connectivity index (χ1n) is 4.46. The molecule has 5 N–H and O–H groups in total. The molecule has 0 aliphatic carbocycles. The Morgan fingerprint density at radius 3 is 2.23 bits per heavy atom. The van der Waals surface area contributed by atoms with Crippen LogP contribution in [0.5, 0.6) is 0 Å². The molecule has 1 rings (SSSR count). The number of hydrogen-bond acceptors (Lipinski definition) is 3. The zero-order valence-electron chi connectivity index (χ0n) is 7.88. The molecule has 0 atom stereocenters. The Labute approximate surface area is 78.4 Å². The molecule has 0 saturated heterocycles. The van der Waals surface area contributed by atoms with Crippen molar-refractivity contribution in [2.45, 2.75) is 19.8 Å². The molecule has 1 aromatic carbocycles. The van der Waals surface area contributed by atoms with E-state index in [0.717, 1.165) is 28.9 Å². The molecule has 0 aromatic heterocycles. The first-order valence-corrected chi connectivity index (χ1v) is 4.46. The molecule has 0 amide bonds. The summed E-state index contributed by atoms with van der Waals surface area (Å²) >= 11 is 0. The zero-order chi connectivity index (χ0) is 9.84. The summed E-state index contributed by atoms with van der Waals surface area (Å²) < 4.78 is 0. The Balaban J connectivity index is 3.05. The lowest BCUT2D eigenvalue weighted by Crippen LogP contribution is -2.02. The lowest BCUT2D eigenvalue weighted by Gasteiger charge is -2.09. The van der Waals surface area contributed by atoms with Crippen molar-refractivity contribution < 1.29 is 5.11 Å². The topological polar surface area (TPSA) is 72.3 Å². The summed E-state index contributed by atoms with van der Waals surface area (Å²) in [5, 5.41) is 8.77. The predicted octanol–water partition coefficient (Wildman–Crippen LogP) is 0.948. The van der Waals surface area contributed by atoms with E-state index in [1.54, 1.807) is 0 Å². The van der Waals surface area contributed by atoms with E-state index >= 15 is 0 Å². The molecule has 0 spiro atoms. The van der Waals surface area contributed by atoms with Gasteiger partial charge in [-0.05, 0) is 36.1 Å². The van der Waals surface area contributed by atoms with Gasteiger partial charge in [0.05, 0.1) is 0 Å². The number of hydrogen-bond donors (Lipinski definition) is 3. The number of aliphatic hydroxyl groups excluding tert-OH is 1. The van der Waals surface area contributed by atoms with Crippen LogP contribution < -0.4 is 11.5 Å². The molecule has 0 unspecified atom stereocenters. The Bertz CT molecular complexity index is 297. The molecule has 0 bridgehead atoms. The minimum atomic E-state index is 0.106. The summed E-state index contributed by atoms with van der Waals surface area (Å²) in [6, 6.07) is 3.74. The molecule has 0 heterocycles. The van der Waals surface area contributed by atoms with Crippen LogP contribution in [-0.2, 0) is 12.8 Å². The second kappa shape index (κ2) is 4.14. The third kappa shape index (κ3) is 2.12. The van der Waals surface area contributed by atoms with E-state index in [0.29, 0.717) is 6.42 Å². The number of rotatable bonds is 3. The number of anilines is 2. The van der Waals surface area contributed by atoms with Gasteiger partial charge in [-0.3, -0.25) is 0 Å². The number of aryl methyl sites for hydroxylation is 1. The van der Waals surface area contributed by atoms with Crippen molar-refractivity contribution in [1.29, 1.82) is 0 Å². The van der Waals surface area contributed by atoms with Gasteiger partial charge >= 0.3 is 0 Å². The number of aliphatic hydroxyl groups is 1. The van der Waals surface area contributed by atoms with Crippen molar-refractivity contribution in [1.82, 2.24) is 0 Å². The summed E-state index contributed by atoms with van der Waals surface area (Å²) in [6.45, 7) is 2.14. The first-order chi connectivity index (χ1) is 6.19. The van der Waals surface area contributed by atoms with Gasteiger partial charge in [0.15, 0.2) is 0 Å². The number of nitrogen functional groups attached to an aromatic ring is 2. The SMILES string of the molecule is CCc1cc(N)c(CCO)cc1N. The highest BCUT2D eigenvalue weighted by molar-refractivity contribution is 5.60. The molecular weight excluding hydrogens is 164 g/mol. The summed E-state index contributed by atoms with van der Waals surface area (Å²) in [5.41, 5.74) is 15.1. The highest BCUT2D eigenvalue weighted by atomic mass is 16.2. The first kappa shape index (κ1) is 9.86. The molecule has 0 aliphatic rings. The van der Waals surface area contributed by atoms with E-state index in [9.17, 15) is 0 Å². The largest absolute Gasteiger partial charge is 0.398 e. The van der Waals surface area contributed by atoms with Gasteiger partial charge in [0.25, 0.3) is 0 Å². The normalized spacial score (nSPS) is 10.3. The smallest absolute Gasteiger partial charge is 0.0472 e. The second-order valence-corrected chi connectivity index (χ2v) is 3.08. The molecule has 0 aliphatic heterocycles. The van der Waals surface area contributed by atoms with Crippen LogP contribution in [0.4, 0.5) is 11.4 Å². The quantitative estimate of drug-likeness (QED) is 0.606. The molecule has 72 valence electrons. The highest BCUT2D eigenvalue weighted by Gasteiger charge is 2.03. The zero-order valence-corrected chi connectivity index (χ0v) is 7.88. The van der Waals surface area contributed by atoms with Crippen molar-refractivity contribution in [3.63, 3.8) is 0 Å². The predicted molar refractivity (Wildman–Crippen MR) is 55.4 cm³/mol. The summed E-state index contributed by atoms with van der Waals surface area (Å²) in [6.07, 6.45) is 1.45. The van der Waals surface area contributed by atoms with E-state index in [2.05, 4.69) is 0 Å². The molecular formula is C10H16N2O. The van der Waals surface area contributed by atoms with E-state index in [4.69, 9.17) is 16.6 Å². The molecule has 1 aromatic rings. The molecule has 13 heavy (non-hydrogen) atoms. The minimum Gasteiger partial charge on any atom is -0.398 e. The standard InChI is InChI=1S/C10H16N2O/c1-2-7-5-10(12)8(3-4-13)6-9(7)11/h5-6,13H,2-4,11-12H2,1H3. The van der Waals surface area contributed by atoms with Gasteiger partial charge in [0.1, 0.15) is 0 Å². The maximum absolute atomic E-state index is 8.77. The Kier molecular flexibility index (Phi) is 3.14. The van der Waals surface area contributed by atoms with Crippen molar-refractivity contribution in [3.05, 3.63) is 23.3 Å². The Morgan fingerprint density at radius 1 is 1.15 bits per heavy atom. The van der Waals surface area contributed by atoms with E-state index < -0.39 is 0 Å². The number of benzene rings is 1. The van der Waals surface area contributed by atoms with Gasteiger partial charge in [-0.1, -0.05) is 6.92 Å². The van der Waals surface area contributed by atoms with Gasteiger partial charge in [0.2, 0.25) is 0 Å². The van der Waals surface area contributed by atoms with E-state index in [1.807, 2.05) is 19.1 Å². The van der Waals surface area contributed by atoms with Crippen molar-refractivity contribution in [2.24, 2.45) is 0 Å². The van der Waals surface area contributed by atoms with Crippen LogP contribution >= 0.6 is 0 Å². The summed E-state index contributed by atoms with van der Waals surface area (Å²) in [5.74, 6) is 0. The minimum absolute atomic E-state index is 0.106. The number of nitrogens with two attached hydrogens (primary N) is 2. The molecule has 0 radical (unpaired) electrons. The lowest BCUT2D eigenvalue weighted by molar-refractivity contribution is 0.300. The lowest BCUT2D eigenvalue weighted by atomic mass is 10.0. The van der Waals surface area contributed by atoms with Crippen LogP contribution in [0.15, 0.2) is 12.1 Å². The maximum Gasteiger partial charge on any atom is 0.0472 e. The summed E-state index contributed by atoms with van der Waals surface area (Å²) in [7, 11) is 0. The van der Waals surface area contributed by atoms with Gasteiger partial charge in [0, 0.05) is 18.0 Å². The van der Waals surface area contributed by atoms with Gasteiger partial charge in [-0.15, -0.1) is 0 Å². The van der Waals surface area contributed by atoms with Crippen LogP contribution in [-0.4, -0.2) is 11.7 Å². The van der Waals surface area contributed by atoms with Crippen LogP contribution in [0.2, 0.25) is 0 Å². The maximum atomic E-state index is 8.77. The second-order valence-electron chi connectivity index (χ2n) is 3.08. The van der Waals surface area contributed by atoms with Gasteiger partial charge in [-0.25, -0.2) is 0 Å². The van der Waals surface area contributed by atoms with Crippen LogP contribution in [0.3, 0.4) is 0 Å². The van der Waals surface area contributed by atoms with E-state index in [-0.39, 0.29) is 6.61 Å². The van der Waals surface area contributed by atoms with Crippen molar-refractivity contribution in [3.8, 4) is 0 Å². The third-order valence-corrected chi connectivity index (χ3v) is 2.16. The van der Waals surface area contributed by atoms with E-state index in [1.165, 1.54) is 0 Å². The Morgan fingerprint density at radius 2 is 1.69 bits per heavy atom. The third-order valence-electron chi connectivity index (χ3n) is 2.16. The average Bonchev–Trinajstić information content (AvgIpc) is 2.11. The molecule has 0 fully saturated rings. The van der Waals surface area contributed by atoms with Gasteiger partial charge in [-0.2, -0.15) is 0 Å². The fourth-order valence-corrected chi connectivity index (χ4v) is 1.37. The van der Waals surface area contributed by atoms with Crippen molar-refractivity contribution >= 4 is 11.4 Å².